The van der Waals surface area contributed by atoms with Crippen molar-refractivity contribution in [3.8, 4) is 0 Å². The second kappa shape index (κ2) is 9.21. The van der Waals surface area contributed by atoms with Gasteiger partial charge in [-0.05, 0) is 0 Å². The van der Waals surface area contributed by atoms with Crippen LogP contribution in [0.5, 0.6) is 0 Å². The molecule has 0 N–H and O–H groups in total. The van der Waals surface area contributed by atoms with E-state index in [9.17, 15) is 4.79 Å². The zero-order valence-corrected chi connectivity index (χ0v) is 19.2. The fourth-order valence-corrected chi connectivity index (χ4v) is 11.6. The molecule has 1 atom stereocenters. The molecule has 0 aliphatic carbocycles. The van der Waals surface area contributed by atoms with Crippen LogP contribution in [0.1, 0.15) is 13.8 Å². The van der Waals surface area contributed by atoms with Crippen LogP contribution in [0.3, 0.4) is 0 Å². The van der Waals surface area contributed by atoms with Gasteiger partial charge in [-0.3, -0.25) is 0 Å². The van der Waals surface area contributed by atoms with E-state index in [1.165, 1.54) is 0 Å². The van der Waals surface area contributed by atoms with E-state index in [2.05, 4.69) is 51.9 Å². The predicted octanol–water partition coefficient (Wildman–Crippen LogP) is 4.75. The average molecular weight is 473 g/mol. The number of esters is 1. The van der Waals surface area contributed by atoms with Gasteiger partial charge in [-0.1, -0.05) is 0 Å². The fourth-order valence-electron chi connectivity index (χ4n) is 3.79. The first-order chi connectivity index (χ1) is 14.1. The number of hydrogen-bond donors (Lipinski definition) is 0. The number of carbonyl (C=O) groups excluding carboxylic acids is 1. The molecule has 0 radical (unpaired) electrons. The third-order valence-electron chi connectivity index (χ3n) is 5.04. The van der Waals surface area contributed by atoms with E-state index in [0.29, 0.717) is 13.2 Å². The van der Waals surface area contributed by atoms with E-state index in [-0.39, 0.29) is 5.97 Å². The van der Waals surface area contributed by atoms with Crippen molar-refractivity contribution in [2.24, 2.45) is 0 Å². The monoisotopic (exact) mass is 472 g/mol. The summed E-state index contributed by atoms with van der Waals surface area (Å²) in [4.78, 5) is 13.4. The Hall–Kier alpha value is -2.00. The van der Waals surface area contributed by atoms with Crippen LogP contribution in [0.25, 0.3) is 0 Å². The molecule has 0 fully saturated rings. The number of halogens is 1. The van der Waals surface area contributed by atoms with Crippen molar-refractivity contribution in [2.45, 2.75) is 19.7 Å². The Labute approximate surface area is 180 Å². The van der Waals surface area contributed by atoms with Crippen LogP contribution in [-0.4, -0.2) is 25.0 Å². The molecule has 0 heterocycles. The topological polar surface area (TPSA) is 35.5 Å². The molecule has 3 aromatic rings. The van der Waals surface area contributed by atoms with Crippen molar-refractivity contribution >= 4 is 42.7 Å². The van der Waals surface area contributed by atoms with Crippen LogP contribution < -0.4 is 15.9 Å². The Morgan fingerprint density at radius 2 is 1.14 bits per heavy atom. The van der Waals surface area contributed by atoms with Gasteiger partial charge in [0.15, 0.2) is 0 Å². The second-order valence-corrected chi connectivity index (χ2v) is 15.2. The number of carbonyl (C=O) groups is 1. The van der Waals surface area contributed by atoms with Crippen LogP contribution in [0.4, 0.5) is 0 Å². The average Bonchev–Trinajstić information content (AvgIpc) is 2.79. The van der Waals surface area contributed by atoms with Crippen LogP contribution in [0, 0.1) is 0 Å². The van der Waals surface area contributed by atoms with Gasteiger partial charge in [-0.2, -0.15) is 0 Å². The van der Waals surface area contributed by atoms with Crippen molar-refractivity contribution in [3.63, 3.8) is 0 Å². The first-order valence-corrected chi connectivity index (χ1v) is 14.1. The van der Waals surface area contributed by atoms with E-state index in [0.717, 1.165) is 15.9 Å². The Kier molecular flexibility index (Phi) is 6.89. The molecule has 3 nitrogen and oxygen atoms in total. The van der Waals surface area contributed by atoms with Crippen LogP contribution in [-0.2, 0) is 14.3 Å². The van der Waals surface area contributed by atoms with Gasteiger partial charge in [0.05, 0.1) is 0 Å². The van der Waals surface area contributed by atoms with Crippen LogP contribution >= 0.6 is 20.8 Å². The maximum atomic E-state index is 13.4. The first kappa shape index (κ1) is 21.7. The SMILES string of the molecule is CCOC(=O)C(OCC)P(Br)(c1ccccc1)(c1ccccc1)c1ccccc1. The zero-order chi connectivity index (χ0) is 20.8. The predicted molar refractivity (Wildman–Crippen MR) is 126 cm³/mol. The number of hydrogen-bond acceptors (Lipinski definition) is 3. The van der Waals surface area contributed by atoms with E-state index in [1.807, 2.05) is 68.4 Å². The van der Waals surface area contributed by atoms with Gasteiger partial charge in [-0.15, -0.1) is 0 Å². The molecule has 0 amide bonds. The number of benzene rings is 3. The zero-order valence-electron chi connectivity index (χ0n) is 16.7. The summed E-state index contributed by atoms with van der Waals surface area (Å²) in [6.45, 7) is 4.40. The molecule has 0 spiro atoms. The van der Waals surface area contributed by atoms with Crippen molar-refractivity contribution < 1.29 is 14.3 Å². The molecule has 5 heteroatoms. The first-order valence-electron chi connectivity index (χ1n) is 9.75. The molecule has 0 aliphatic rings. The minimum absolute atomic E-state index is 0.292. The quantitative estimate of drug-likeness (QED) is 0.350. The summed E-state index contributed by atoms with van der Waals surface area (Å²) >= 11 is 4.26. The third-order valence-corrected chi connectivity index (χ3v) is 15.0. The Morgan fingerprint density at radius 1 is 0.759 bits per heavy atom. The molecule has 29 heavy (non-hydrogen) atoms. The molecular formula is C24H26BrO3P. The van der Waals surface area contributed by atoms with Crippen molar-refractivity contribution in [1.29, 1.82) is 0 Å². The summed E-state index contributed by atoms with van der Waals surface area (Å²) in [5.41, 5.74) is 0. The van der Waals surface area contributed by atoms with E-state index in [4.69, 9.17) is 9.47 Å². The number of ether oxygens (including phenoxy) is 2. The van der Waals surface area contributed by atoms with Crippen LogP contribution in [0.2, 0.25) is 0 Å². The fraction of sp³-hybridized carbons (Fsp3) is 0.208. The molecule has 0 aromatic heterocycles. The van der Waals surface area contributed by atoms with Crippen molar-refractivity contribution in [2.75, 3.05) is 13.2 Å². The molecular weight excluding hydrogens is 447 g/mol. The van der Waals surface area contributed by atoms with E-state index < -0.39 is 11.2 Å². The minimum atomic E-state index is -3.58. The molecule has 0 aliphatic heterocycles. The molecule has 0 saturated heterocycles. The van der Waals surface area contributed by atoms with E-state index >= 15 is 0 Å². The summed E-state index contributed by atoms with van der Waals surface area (Å²) in [6.07, 6.45) is 0. The summed E-state index contributed by atoms with van der Waals surface area (Å²) in [6, 6.07) is 30.3. The van der Waals surface area contributed by atoms with Crippen LogP contribution in [0.15, 0.2) is 91.0 Å². The maximum absolute atomic E-state index is 13.4. The van der Waals surface area contributed by atoms with Gasteiger partial charge in [-0.25, -0.2) is 0 Å². The van der Waals surface area contributed by atoms with Gasteiger partial charge in [0.1, 0.15) is 0 Å². The summed E-state index contributed by atoms with van der Waals surface area (Å²) in [5.74, 6) is -1.18. The molecule has 3 rings (SSSR count). The summed E-state index contributed by atoms with van der Waals surface area (Å²) in [7, 11) is 0. The standard InChI is InChI=1S/C24H26BrO3P/c1-3-27-23(26)24(28-4-2)29(25,20-14-8-5-9-15-20,21-16-10-6-11-17-21)22-18-12-7-13-19-22/h5-19,24H,3-4H2,1-2H3. The molecule has 152 valence electrons. The van der Waals surface area contributed by atoms with Gasteiger partial charge in [0, 0.05) is 0 Å². The Balaban J connectivity index is 2.49. The third kappa shape index (κ3) is 3.66. The number of rotatable bonds is 8. The summed E-state index contributed by atoms with van der Waals surface area (Å²) < 4.78 is 11.8. The molecule has 0 saturated carbocycles. The van der Waals surface area contributed by atoms with Gasteiger partial charge >= 0.3 is 181 Å². The van der Waals surface area contributed by atoms with Crippen molar-refractivity contribution in [3.05, 3.63) is 91.0 Å². The second-order valence-electron chi connectivity index (χ2n) is 6.64. The Bertz CT molecular complexity index is 833. The van der Waals surface area contributed by atoms with Gasteiger partial charge in [0.25, 0.3) is 0 Å². The van der Waals surface area contributed by atoms with Gasteiger partial charge < -0.3 is 0 Å². The van der Waals surface area contributed by atoms with E-state index in [1.54, 1.807) is 0 Å². The Morgan fingerprint density at radius 3 is 1.45 bits per heavy atom. The normalized spacial score (nSPS) is 13.8. The molecule has 0 bridgehead atoms. The summed E-state index contributed by atoms with van der Waals surface area (Å²) in [5, 5.41) is -0.533. The van der Waals surface area contributed by atoms with Gasteiger partial charge in [0.2, 0.25) is 0 Å². The van der Waals surface area contributed by atoms with Crippen molar-refractivity contribution in [1.82, 2.24) is 0 Å². The molecule has 3 aromatic carbocycles. The molecule has 1 unspecified atom stereocenters.